The number of aromatic nitrogens is 1. The monoisotopic (exact) mass is 267 g/mol. The quantitative estimate of drug-likeness (QED) is 0.861. The Balaban J connectivity index is 2.05. The molecule has 2 rings (SSSR count). The maximum Gasteiger partial charge on any atom is 0.276 e. The first kappa shape index (κ1) is 14.0. The summed E-state index contributed by atoms with van der Waals surface area (Å²) in [6.45, 7) is 0.939. The van der Waals surface area contributed by atoms with Crippen molar-refractivity contribution >= 4 is 5.91 Å². The van der Waals surface area contributed by atoms with E-state index in [0.29, 0.717) is 30.5 Å². The van der Waals surface area contributed by atoms with Crippen LogP contribution in [-0.4, -0.2) is 42.7 Å². The van der Waals surface area contributed by atoms with Gasteiger partial charge in [-0.1, -0.05) is 11.6 Å². The third-order valence-corrected chi connectivity index (χ3v) is 3.80. The average molecular weight is 267 g/mol. The van der Waals surface area contributed by atoms with Crippen LogP contribution in [0.2, 0.25) is 0 Å². The van der Waals surface area contributed by atoms with Crippen LogP contribution in [0.3, 0.4) is 0 Å². The van der Waals surface area contributed by atoms with Crippen LogP contribution in [0.4, 0.5) is 0 Å². The largest absolute Gasteiger partial charge is 0.377 e. The molecule has 2 unspecified atom stereocenters. The van der Waals surface area contributed by atoms with Crippen molar-refractivity contribution in [3.8, 4) is 0 Å². The van der Waals surface area contributed by atoms with Crippen molar-refractivity contribution in [1.82, 2.24) is 10.1 Å². The van der Waals surface area contributed by atoms with E-state index in [1.807, 2.05) is 7.05 Å². The summed E-state index contributed by atoms with van der Waals surface area (Å²) in [5.74, 6) is 0.830. The van der Waals surface area contributed by atoms with Gasteiger partial charge in [0.05, 0.1) is 0 Å². The third kappa shape index (κ3) is 2.96. The van der Waals surface area contributed by atoms with Crippen molar-refractivity contribution in [3.63, 3.8) is 0 Å². The zero-order chi connectivity index (χ0) is 13.8. The normalized spacial score (nSPS) is 22.7. The Labute approximate surface area is 112 Å². The summed E-state index contributed by atoms with van der Waals surface area (Å²) in [5, 5.41) is 3.80. The second-order valence-electron chi connectivity index (χ2n) is 5.02. The van der Waals surface area contributed by atoms with Gasteiger partial charge in [-0.2, -0.15) is 0 Å². The predicted molar refractivity (Wildman–Crippen MR) is 69.5 cm³/mol. The van der Waals surface area contributed by atoms with Crippen LogP contribution in [0.25, 0.3) is 0 Å². The van der Waals surface area contributed by atoms with Gasteiger partial charge >= 0.3 is 0 Å². The first-order chi connectivity index (χ1) is 9.17. The standard InChI is InChI=1S/C13H21N3O3/c1-16(12-5-3-4-9(12)7-14)13(17)11-6-10(8-18-2)19-15-11/h6,9,12H,3-5,7-8,14H2,1-2H3. The van der Waals surface area contributed by atoms with E-state index in [1.54, 1.807) is 18.1 Å². The lowest BCUT2D eigenvalue weighted by atomic mass is 10.0. The van der Waals surface area contributed by atoms with Crippen LogP contribution < -0.4 is 5.73 Å². The van der Waals surface area contributed by atoms with Crippen molar-refractivity contribution in [2.24, 2.45) is 11.7 Å². The highest BCUT2D eigenvalue weighted by Gasteiger charge is 2.33. The number of nitrogens with zero attached hydrogens (tertiary/aromatic N) is 2. The number of carbonyl (C=O) groups is 1. The van der Waals surface area contributed by atoms with Crippen molar-refractivity contribution in [2.75, 3.05) is 20.7 Å². The van der Waals surface area contributed by atoms with Crippen LogP contribution in [0.5, 0.6) is 0 Å². The lowest BCUT2D eigenvalue weighted by Crippen LogP contribution is -2.41. The molecule has 1 aliphatic rings. The summed E-state index contributed by atoms with van der Waals surface area (Å²) >= 11 is 0. The molecule has 1 saturated carbocycles. The summed E-state index contributed by atoms with van der Waals surface area (Å²) in [6.07, 6.45) is 3.22. The number of methoxy groups -OCH3 is 1. The molecule has 1 heterocycles. The molecule has 0 aliphatic heterocycles. The van der Waals surface area contributed by atoms with Gasteiger partial charge in [-0.05, 0) is 25.3 Å². The highest BCUT2D eigenvalue weighted by atomic mass is 16.5. The minimum absolute atomic E-state index is 0.114. The zero-order valence-corrected chi connectivity index (χ0v) is 11.5. The molecule has 1 aromatic heterocycles. The predicted octanol–water partition coefficient (Wildman–Crippen LogP) is 1.02. The van der Waals surface area contributed by atoms with E-state index in [4.69, 9.17) is 15.0 Å². The van der Waals surface area contributed by atoms with E-state index in [2.05, 4.69) is 5.16 Å². The minimum atomic E-state index is -0.114. The molecule has 1 aliphatic carbocycles. The smallest absolute Gasteiger partial charge is 0.276 e. The lowest BCUT2D eigenvalue weighted by Gasteiger charge is -2.28. The Morgan fingerprint density at radius 2 is 2.42 bits per heavy atom. The Bertz CT molecular complexity index is 433. The van der Waals surface area contributed by atoms with Gasteiger partial charge < -0.3 is 19.9 Å². The third-order valence-electron chi connectivity index (χ3n) is 3.80. The minimum Gasteiger partial charge on any atom is -0.377 e. The molecule has 0 spiro atoms. The number of nitrogens with two attached hydrogens (primary N) is 1. The summed E-state index contributed by atoms with van der Waals surface area (Å²) < 4.78 is 9.99. The molecule has 6 nitrogen and oxygen atoms in total. The zero-order valence-electron chi connectivity index (χ0n) is 11.5. The van der Waals surface area contributed by atoms with Gasteiger partial charge in [-0.3, -0.25) is 4.79 Å². The molecule has 6 heteroatoms. The molecule has 0 bridgehead atoms. The maximum absolute atomic E-state index is 12.3. The number of amides is 1. The van der Waals surface area contributed by atoms with Gasteiger partial charge in [-0.15, -0.1) is 0 Å². The molecule has 0 saturated heterocycles. The van der Waals surface area contributed by atoms with Gasteiger partial charge in [0, 0.05) is 26.3 Å². The van der Waals surface area contributed by atoms with Crippen molar-refractivity contribution in [3.05, 3.63) is 17.5 Å². The fourth-order valence-electron chi connectivity index (χ4n) is 2.76. The Kier molecular flexibility index (Phi) is 4.55. The number of hydrogen-bond acceptors (Lipinski definition) is 5. The SMILES string of the molecule is COCc1cc(C(=O)N(C)C2CCCC2CN)no1. The molecule has 2 atom stereocenters. The van der Waals surface area contributed by atoms with Gasteiger partial charge in [-0.25, -0.2) is 0 Å². The molecule has 1 aromatic rings. The first-order valence-electron chi connectivity index (χ1n) is 6.59. The van der Waals surface area contributed by atoms with Gasteiger partial charge in [0.15, 0.2) is 11.5 Å². The van der Waals surface area contributed by atoms with Crippen molar-refractivity contribution < 1.29 is 14.1 Å². The summed E-state index contributed by atoms with van der Waals surface area (Å²) in [7, 11) is 3.38. The number of ether oxygens (including phenoxy) is 1. The summed E-state index contributed by atoms with van der Waals surface area (Å²) in [4.78, 5) is 14.1. The molecule has 106 valence electrons. The maximum atomic E-state index is 12.3. The van der Waals surface area contributed by atoms with E-state index < -0.39 is 0 Å². The highest BCUT2D eigenvalue weighted by molar-refractivity contribution is 5.92. The number of rotatable bonds is 5. The Morgan fingerprint density at radius 1 is 1.63 bits per heavy atom. The molecule has 2 N–H and O–H groups in total. The molecule has 0 aromatic carbocycles. The lowest BCUT2D eigenvalue weighted by molar-refractivity contribution is 0.0689. The fraction of sp³-hybridized carbons (Fsp3) is 0.692. The highest BCUT2D eigenvalue weighted by Crippen LogP contribution is 2.29. The van der Waals surface area contributed by atoms with Gasteiger partial charge in [0.25, 0.3) is 5.91 Å². The fourth-order valence-corrected chi connectivity index (χ4v) is 2.76. The van der Waals surface area contributed by atoms with E-state index in [-0.39, 0.29) is 11.9 Å². The van der Waals surface area contributed by atoms with Gasteiger partial charge in [0.2, 0.25) is 0 Å². The van der Waals surface area contributed by atoms with E-state index in [9.17, 15) is 4.79 Å². The van der Waals surface area contributed by atoms with Crippen molar-refractivity contribution in [2.45, 2.75) is 31.9 Å². The van der Waals surface area contributed by atoms with E-state index in [1.165, 1.54) is 0 Å². The summed E-state index contributed by atoms with van der Waals surface area (Å²) in [5.41, 5.74) is 6.09. The number of hydrogen-bond donors (Lipinski definition) is 1. The first-order valence-corrected chi connectivity index (χ1v) is 6.59. The second-order valence-corrected chi connectivity index (χ2v) is 5.02. The summed E-state index contributed by atoms with van der Waals surface area (Å²) in [6, 6.07) is 1.84. The van der Waals surface area contributed by atoms with E-state index in [0.717, 1.165) is 19.3 Å². The Hall–Kier alpha value is -1.40. The number of carbonyl (C=O) groups excluding carboxylic acids is 1. The molecular weight excluding hydrogens is 246 g/mol. The van der Waals surface area contributed by atoms with Crippen LogP contribution >= 0.6 is 0 Å². The molecule has 1 fully saturated rings. The van der Waals surface area contributed by atoms with E-state index >= 15 is 0 Å². The van der Waals surface area contributed by atoms with Crippen LogP contribution in [0.1, 0.15) is 35.5 Å². The Morgan fingerprint density at radius 3 is 3.11 bits per heavy atom. The molecule has 1 amide bonds. The molecular formula is C13H21N3O3. The molecule has 0 radical (unpaired) electrons. The average Bonchev–Trinajstić information content (AvgIpc) is 3.05. The van der Waals surface area contributed by atoms with Crippen LogP contribution in [0, 0.1) is 5.92 Å². The van der Waals surface area contributed by atoms with Crippen LogP contribution in [-0.2, 0) is 11.3 Å². The van der Waals surface area contributed by atoms with Crippen molar-refractivity contribution in [1.29, 1.82) is 0 Å². The van der Waals surface area contributed by atoms with Gasteiger partial charge in [0.1, 0.15) is 6.61 Å². The van der Waals surface area contributed by atoms with Crippen LogP contribution in [0.15, 0.2) is 10.6 Å². The topological polar surface area (TPSA) is 81.6 Å². The molecule has 19 heavy (non-hydrogen) atoms. The second kappa shape index (κ2) is 6.16.